The minimum Gasteiger partial charge on any atom is -0.443 e. The Labute approximate surface area is 122 Å². The van der Waals surface area contributed by atoms with Gasteiger partial charge in [0.05, 0.1) is 0 Å². The molecule has 1 aromatic heterocycles. The van der Waals surface area contributed by atoms with Crippen LogP contribution in [0.25, 0.3) is 11.0 Å². The van der Waals surface area contributed by atoms with Gasteiger partial charge in [-0.25, -0.2) is 10.2 Å². The predicted molar refractivity (Wildman–Crippen MR) is 78.5 cm³/mol. The van der Waals surface area contributed by atoms with Crippen molar-refractivity contribution in [2.24, 2.45) is 0 Å². The van der Waals surface area contributed by atoms with Crippen LogP contribution in [0.5, 0.6) is 0 Å². The molecule has 1 amide bonds. The molecule has 0 atom stereocenters. The van der Waals surface area contributed by atoms with Crippen LogP contribution in [0.4, 0.5) is 4.79 Å². The van der Waals surface area contributed by atoms with Gasteiger partial charge in [-0.05, 0) is 50.5 Å². The molecule has 1 heterocycles. The normalized spacial score (nSPS) is 11.6. The Kier molecular flexibility index (Phi) is 4.42. The van der Waals surface area contributed by atoms with Gasteiger partial charge in [-0.1, -0.05) is 12.1 Å². The van der Waals surface area contributed by atoms with E-state index >= 15 is 0 Å². The second-order valence-electron chi connectivity index (χ2n) is 5.73. The minimum atomic E-state index is -0.591. The summed E-state index contributed by atoms with van der Waals surface area (Å²) in [5, 5.41) is 16.9. The van der Waals surface area contributed by atoms with E-state index in [1.807, 2.05) is 18.2 Å². The molecule has 0 unspecified atom stereocenters. The van der Waals surface area contributed by atoms with Crippen LogP contribution in [0, 0.1) is 0 Å². The number of aromatic nitrogens is 3. The van der Waals surface area contributed by atoms with Crippen molar-refractivity contribution in [2.75, 3.05) is 12.0 Å². The second-order valence-corrected chi connectivity index (χ2v) is 5.73. The van der Waals surface area contributed by atoms with Gasteiger partial charge in [0.1, 0.15) is 16.6 Å². The third-order valence-electron chi connectivity index (χ3n) is 2.75. The van der Waals surface area contributed by atoms with E-state index in [1.165, 1.54) is 4.79 Å². The molecule has 0 bridgehead atoms. The number of aliphatic hydroxyl groups excluding tert-OH is 1. The number of rotatable bonds is 4. The summed E-state index contributed by atoms with van der Waals surface area (Å²) in [7, 11) is 0. The van der Waals surface area contributed by atoms with Gasteiger partial charge in [0.25, 0.3) is 0 Å². The molecule has 0 saturated carbocycles. The van der Waals surface area contributed by atoms with Crippen LogP contribution in [-0.4, -0.2) is 38.5 Å². The lowest BCUT2D eigenvalue weighted by molar-refractivity contribution is 0.0610. The molecule has 2 rings (SSSR count). The lowest BCUT2D eigenvalue weighted by atomic mass is 10.1. The van der Waals surface area contributed by atoms with Crippen molar-refractivity contribution in [2.45, 2.75) is 39.2 Å². The van der Waals surface area contributed by atoms with Gasteiger partial charge in [0.2, 0.25) is 0 Å². The molecule has 0 aliphatic rings. The Bertz CT molecular complexity index is 631. The average Bonchev–Trinajstić information content (AvgIpc) is 2.78. The molecular weight excluding hydrogens is 272 g/mol. The molecule has 0 saturated heterocycles. The van der Waals surface area contributed by atoms with Crippen LogP contribution >= 0.6 is 0 Å². The summed E-state index contributed by atoms with van der Waals surface area (Å²) in [5.74, 6) is 0. The highest BCUT2D eigenvalue weighted by atomic mass is 16.6. The first-order valence-electron chi connectivity index (χ1n) is 6.85. The summed E-state index contributed by atoms with van der Waals surface area (Å²) in [6.45, 7) is 5.48. The third-order valence-corrected chi connectivity index (χ3v) is 2.75. The highest BCUT2D eigenvalue weighted by Gasteiger charge is 2.18. The first kappa shape index (κ1) is 15.2. The van der Waals surface area contributed by atoms with E-state index in [9.17, 15) is 4.79 Å². The number of carbonyl (C=O) groups is 1. The van der Waals surface area contributed by atoms with Crippen molar-refractivity contribution in [1.82, 2.24) is 15.1 Å². The monoisotopic (exact) mass is 292 g/mol. The van der Waals surface area contributed by atoms with Crippen molar-refractivity contribution in [3.05, 3.63) is 23.8 Å². The predicted octanol–water partition coefficient (Wildman–Crippen LogP) is 1.83. The van der Waals surface area contributed by atoms with Gasteiger partial charge in [0, 0.05) is 6.61 Å². The number of amides is 1. The Morgan fingerprint density at radius 1 is 1.43 bits per heavy atom. The van der Waals surface area contributed by atoms with Crippen molar-refractivity contribution >= 4 is 17.1 Å². The molecule has 114 valence electrons. The fourth-order valence-corrected chi connectivity index (χ4v) is 1.98. The summed E-state index contributed by atoms with van der Waals surface area (Å²) < 4.78 is 5.20. The lowest BCUT2D eigenvalue weighted by Gasteiger charge is -2.19. The van der Waals surface area contributed by atoms with Crippen LogP contribution in [0.3, 0.4) is 0 Å². The molecule has 1 aromatic carbocycles. The zero-order chi connectivity index (χ0) is 15.5. The first-order chi connectivity index (χ1) is 9.90. The molecule has 0 fully saturated rings. The van der Waals surface area contributed by atoms with Crippen LogP contribution in [0.1, 0.15) is 32.8 Å². The Morgan fingerprint density at radius 2 is 2.19 bits per heavy atom. The molecule has 0 radical (unpaired) electrons. The molecule has 0 aliphatic carbocycles. The fourth-order valence-electron chi connectivity index (χ4n) is 1.98. The van der Waals surface area contributed by atoms with Crippen LogP contribution in [0.15, 0.2) is 18.2 Å². The molecule has 2 N–H and O–H groups in total. The molecule has 2 aromatic rings. The van der Waals surface area contributed by atoms with E-state index in [4.69, 9.17) is 9.84 Å². The summed E-state index contributed by atoms with van der Waals surface area (Å²) in [5.41, 5.74) is 4.34. The second kappa shape index (κ2) is 6.09. The molecule has 7 nitrogen and oxygen atoms in total. The number of hydrogen-bond donors (Lipinski definition) is 2. The Morgan fingerprint density at radius 3 is 2.86 bits per heavy atom. The van der Waals surface area contributed by atoms with Crippen LogP contribution < -0.4 is 5.43 Å². The zero-order valence-corrected chi connectivity index (χ0v) is 12.5. The number of hydrogen-bond acceptors (Lipinski definition) is 5. The van der Waals surface area contributed by atoms with Crippen molar-refractivity contribution in [3.63, 3.8) is 0 Å². The van der Waals surface area contributed by atoms with Crippen molar-refractivity contribution < 1.29 is 14.6 Å². The van der Waals surface area contributed by atoms with Crippen molar-refractivity contribution in [3.8, 4) is 0 Å². The first-order valence-corrected chi connectivity index (χ1v) is 6.85. The zero-order valence-electron chi connectivity index (χ0n) is 12.5. The van der Waals surface area contributed by atoms with Gasteiger partial charge in [-0.3, -0.25) is 0 Å². The van der Waals surface area contributed by atoms with Gasteiger partial charge in [0.15, 0.2) is 0 Å². The van der Waals surface area contributed by atoms with Gasteiger partial charge < -0.3 is 9.84 Å². The van der Waals surface area contributed by atoms with Crippen LogP contribution in [-0.2, 0) is 11.2 Å². The number of para-hydroxylation sites is 1. The maximum atomic E-state index is 11.8. The molecule has 0 spiro atoms. The van der Waals surface area contributed by atoms with E-state index in [-0.39, 0.29) is 6.61 Å². The lowest BCUT2D eigenvalue weighted by Crippen LogP contribution is -2.32. The maximum Gasteiger partial charge on any atom is 0.428 e. The molecule has 0 aliphatic heterocycles. The summed E-state index contributed by atoms with van der Waals surface area (Å²) in [6, 6.07) is 5.62. The number of aryl methyl sites for hydroxylation is 1. The quantitative estimate of drug-likeness (QED) is 0.897. The largest absolute Gasteiger partial charge is 0.443 e. The van der Waals surface area contributed by atoms with Crippen molar-refractivity contribution in [1.29, 1.82) is 0 Å². The SMILES string of the molecule is CC(C)(C)OC(=O)Nn1nnc2cccc(CCCO)c21. The van der Waals surface area contributed by atoms with Crippen LogP contribution in [0.2, 0.25) is 0 Å². The topological polar surface area (TPSA) is 89.3 Å². The standard InChI is InChI=1S/C14H20N4O3/c1-14(2,3)21-13(20)16-18-12-10(7-5-9-19)6-4-8-11(12)15-17-18/h4,6,8,19H,5,7,9H2,1-3H3,(H,16,20). The fraction of sp³-hybridized carbons (Fsp3) is 0.500. The number of benzene rings is 1. The minimum absolute atomic E-state index is 0.109. The third kappa shape index (κ3) is 3.91. The molecule has 7 heteroatoms. The number of fused-ring (bicyclic) bond motifs is 1. The van der Waals surface area contributed by atoms with E-state index < -0.39 is 11.7 Å². The smallest absolute Gasteiger partial charge is 0.428 e. The van der Waals surface area contributed by atoms with E-state index in [2.05, 4.69) is 15.7 Å². The Hall–Kier alpha value is -2.15. The van der Waals surface area contributed by atoms with E-state index in [0.717, 1.165) is 11.1 Å². The van der Waals surface area contributed by atoms with Gasteiger partial charge in [-0.2, -0.15) is 0 Å². The number of ether oxygens (including phenoxy) is 1. The highest BCUT2D eigenvalue weighted by molar-refractivity contribution is 5.82. The number of nitrogens with zero attached hydrogens (tertiary/aromatic N) is 3. The summed E-state index contributed by atoms with van der Waals surface area (Å²) >= 11 is 0. The Balaban J connectivity index is 2.25. The molecule has 21 heavy (non-hydrogen) atoms. The van der Waals surface area contributed by atoms with E-state index in [0.29, 0.717) is 18.4 Å². The summed E-state index contributed by atoms with van der Waals surface area (Å²) in [4.78, 5) is 13.1. The van der Waals surface area contributed by atoms with Gasteiger partial charge in [-0.15, -0.1) is 9.89 Å². The number of aliphatic hydroxyl groups is 1. The van der Waals surface area contributed by atoms with Gasteiger partial charge >= 0.3 is 6.09 Å². The number of carbonyl (C=O) groups excluding carboxylic acids is 1. The number of nitrogens with one attached hydrogen (secondary N) is 1. The summed E-state index contributed by atoms with van der Waals surface area (Å²) in [6.07, 6.45) is 0.722. The maximum absolute atomic E-state index is 11.8. The highest BCUT2D eigenvalue weighted by Crippen LogP contribution is 2.17. The average molecular weight is 292 g/mol. The van der Waals surface area contributed by atoms with E-state index in [1.54, 1.807) is 20.8 Å². The molecular formula is C14H20N4O3.